The summed E-state index contributed by atoms with van der Waals surface area (Å²) in [4.78, 5) is 29.4. The van der Waals surface area contributed by atoms with Gasteiger partial charge in [-0.25, -0.2) is 0 Å². The number of thiophene rings is 1. The van der Waals surface area contributed by atoms with Gasteiger partial charge in [0.1, 0.15) is 0 Å². The molecule has 3 rings (SSSR count). The normalized spacial score (nSPS) is 13.5. The topological polar surface area (TPSA) is 70.6 Å². The van der Waals surface area contributed by atoms with Gasteiger partial charge in [0.15, 0.2) is 5.17 Å². The first-order chi connectivity index (χ1) is 11.1. The van der Waals surface area contributed by atoms with E-state index in [1.807, 2.05) is 5.38 Å². The molecule has 2 heterocycles. The Morgan fingerprint density at radius 1 is 1.17 bits per heavy atom. The zero-order chi connectivity index (χ0) is 16.2. The second-order valence-electron chi connectivity index (χ2n) is 4.61. The second-order valence-corrected chi connectivity index (χ2v) is 7.08. The highest BCUT2D eigenvalue weighted by Crippen LogP contribution is 2.23. The average molecular weight is 366 g/mol. The van der Waals surface area contributed by atoms with Gasteiger partial charge in [0, 0.05) is 10.8 Å². The van der Waals surface area contributed by atoms with Crippen molar-refractivity contribution in [2.75, 3.05) is 17.6 Å². The van der Waals surface area contributed by atoms with Crippen LogP contribution in [0.25, 0.3) is 0 Å². The lowest BCUT2D eigenvalue weighted by atomic mass is 10.1. The summed E-state index contributed by atoms with van der Waals surface area (Å²) >= 11 is 8.81. The standard InChI is InChI=1S/C15H12ClN3O2S2/c16-9-3-4-10(13(20)19-15-17-5-7-23-15)11(8-9)18-14(21)12-2-1-6-22-12/h1-4,6,8H,5,7H2,(H,18,21)(H,17,19,20). The fourth-order valence-electron chi connectivity index (χ4n) is 1.98. The smallest absolute Gasteiger partial charge is 0.265 e. The Balaban J connectivity index is 1.82. The predicted octanol–water partition coefficient (Wildman–Crippen LogP) is 3.49. The number of thioether (sulfide) groups is 1. The molecule has 1 aromatic heterocycles. The Morgan fingerprint density at radius 2 is 2.04 bits per heavy atom. The summed E-state index contributed by atoms with van der Waals surface area (Å²) in [5, 5.41) is 8.34. The van der Waals surface area contributed by atoms with Crippen molar-refractivity contribution in [3.8, 4) is 0 Å². The number of rotatable bonds is 3. The summed E-state index contributed by atoms with van der Waals surface area (Å²) in [6.45, 7) is 0.697. The van der Waals surface area contributed by atoms with Crippen molar-refractivity contribution in [3.63, 3.8) is 0 Å². The van der Waals surface area contributed by atoms with Crippen LogP contribution < -0.4 is 10.6 Å². The third-order valence-corrected chi connectivity index (χ3v) is 5.02. The molecule has 0 radical (unpaired) electrons. The van der Waals surface area contributed by atoms with Crippen LogP contribution >= 0.6 is 34.7 Å². The minimum atomic E-state index is -0.323. The van der Waals surface area contributed by atoms with Gasteiger partial charge in [-0.05, 0) is 29.6 Å². The minimum Gasteiger partial charge on any atom is -0.320 e. The number of hydrogen-bond donors (Lipinski definition) is 2. The first-order valence-electron chi connectivity index (χ1n) is 6.76. The van der Waals surface area contributed by atoms with Crippen molar-refractivity contribution in [2.24, 2.45) is 4.99 Å². The second kappa shape index (κ2) is 7.16. The number of aliphatic imine (C=N–C) groups is 1. The van der Waals surface area contributed by atoms with Gasteiger partial charge in [0.2, 0.25) is 0 Å². The van der Waals surface area contributed by atoms with Crippen molar-refractivity contribution in [3.05, 3.63) is 51.2 Å². The summed E-state index contributed by atoms with van der Waals surface area (Å²) in [5.41, 5.74) is 0.714. The molecule has 0 saturated heterocycles. The third kappa shape index (κ3) is 3.93. The first kappa shape index (κ1) is 16.0. The molecule has 1 aliphatic rings. The molecule has 5 nitrogen and oxygen atoms in total. The number of carbonyl (C=O) groups excluding carboxylic acids is 2. The Bertz CT molecular complexity index is 775. The van der Waals surface area contributed by atoms with E-state index in [-0.39, 0.29) is 11.8 Å². The Kier molecular flexibility index (Phi) is 5.00. The van der Waals surface area contributed by atoms with Crippen LogP contribution in [-0.2, 0) is 0 Å². The molecule has 118 valence electrons. The number of anilines is 1. The van der Waals surface area contributed by atoms with Crippen LogP contribution in [0.4, 0.5) is 5.69 Å². The molecule has 1 aliphatic heterocycles. The number of halogens is 1. The molecule has 0 atom stereocenters. The minimum absolute atomic E-state index is 0.274. The van der Waals surface area contributed by atoms with E-state index >= 15 is 0 Å². The summed E-state index contributed by atoms with van der Waals surface area (Å²) in [7, 11) is 0. The van der Waals surface area contributed by atoms with E-state index in [2.05, 4.69) is 15.6 Å². The van der Waals surface area contributed by atoms with Crippen LogP contribution in [0.15, 0.2) is 40.7 Å². The third-order valence-electron chi connectivity index (χ3n) is 3.03. The first-order valence-corrected chi connectivity index (χ1v) is 9.01. The maximum Gasteiger partial charge on any atom is 0.265 e. The highest BCUT2D eigenvalue weighted by atomic mass is 35.5. The van der Waals surface area contributed by atoms with Gasteiger partial charge in [0.05, 0.1) is 22.7 Å². The van der Waals surface area contributed by atoms with Crippen LogP contribution in [0.3, 0.4) is 0 Å². The number of amidine groups is 1. The lowest BCUT2D eigenvalue weighted by Crippen LogP contribution is -2.28. The van der Waals surface area contributed by atoms with Crippen molar-refractivity contribution in [2.45, 2.75) is 0 Å². The monoisotopic (exact) mass is 365 g/mol. The lowest BCUT2D eigenvalue weighted by molar-refractivity contribution is 0.0979. The van der Waals surface area contributed by atoms with Crippen molar-refractivity contribution in [1.82, 2.24) is 5.32 Å². The Morgan fingerprint density at radius 3 is 2.74 bits per heavy atom. The number of benzene rings is 1. The Hall–Kier alpha value is -1.83. The molecule has 2 aromatic rings. The fourth-order valence-corrected chi connectivity index (χ4v) is 3.50. The summed E-state index contributed by atoms with van der Waals surface area (Å²) in [5.74, 6) is 0.262. The molecule has 23 heavy (non-hydrogen) atoms. The van der Waals surface area contributed by atoms with Gasteiger partial charge >= 0.3 is 0 Å². The number of nitrogens with one attached hydrogen (secondary N) is 2. The zero-order valence-corrected chi connectivity index (χ0v) is 14.2. The quantitative estimate of drug-likeness (QED) is 0.874. The Labute approximate surface area is 146 Å². The van der Waals surface area contributed by atoms with E-state index in [0.717, 1.165) is 5.75 Å². The number of hydrogen-bond acceptors (Lipinski definition) is 5. The van der Waals surface area contributed by atoms with Gasteiger partial charge < -0.3 is 10.6 Å². The van der Waals surface area contributed by atoms with E-state index < -0.39 is 0 Å². The SMILES string of the molecule is O=C(Nc1cc(Cl)ccc1C(=O)NC1=NCCS1)c1cccs1. The lowest BCUT2D eigenvalue weighted by Gasteiger charge is -2.11. The molecular formula is C15H12ClN3O2S2. The van der Waals surface area contributed by atoms with Crippen LogP contribution in [-0.4, -0.2) is 29.3 Å². The zero-order valence-electron chi connectivity index (χ0n) is 11.8. The van der Waals surface area contributed by atoms with Gasteiger partial charge in [-0.1, -0.05) is 29.4 Å². The van der Waals surface area contributed by atoms with Gasteiger partial charge in [-0.2, -0.15) is 0 Å². The molecule has 8 heteroatoms. The molecule has 0 aliphatic carbocycles. The molecule has 0 saturated carbocycles. The maximum atomic E-state index is 12.4. The molecule has 0 spiro atoms. The van der Waals surface area contributed by atoms with Crippen molar-refractivity contribution in [1.29, 1.82) is 0 Å². The molecule has 1 aromatic carbocycles. The fraction of sp³-hybridized carbons (Fsp3) is 0.133. The molecule has 2 N–H and O–H groups in total. The summed E-state index contributed by atoms with van der Waals surface area (Å²) in [6, 6.07) is 8.27. The van der Waals surface area contributed by atoms with E-state index in [4.69, 9.17) is 11.6 Å². The predicted molar refractivity (Wildman–Crippen MR) is 96.0 cm³/mol. The van der Waals surface area contributed by atoms with Crippen molar-refractivity contribution < 1.29 is 9.59 Å². The number of carbonyl (C=O) groups is 2. The highest BCUT2D eigenvalue weighted by Gasteiger charge is 2.18. The maximum absolute atomic E-state index is 12.4. The summed E-state index contributed by atoms with van der Waals surface area (Å²) < 4.78 is 0. The van der Waals surface area contributed by atoms with Crippen LogP contribution in [0, 0.1) is 0 Å². The number of amides is 2. The van der Waals surface area contributed by atoms with E-state index in [1.165, 1.54) is 23.1 Å². The average Bonchev–Trinajstić information content (AvgIpc) is 3.20. The van der Waals surface area contributed by atoms with Gasteiger partial charge in [0.25, 0.3) is 11.8 Å². The van der Waals surface area contributed by atoms with E-state index in [1.54, 1.807) is 30.3 Å². The van der Waals surface area contributed by atoms with Crippen LogP contribution in [0.1, 0.15) is 20.0 Å². The molecule has 0 unspecified atom stereocenters. The highest BCUT2D eigenvalue weighted by molar-refractivity contribution is 8.14. The molecule has 0 fully saturated rings. The van der Waals surface area contributed by atoms with Gasteiger partial charge in [-0.3, -0.25) is 14.6 Å². The molecular weight excluding hydrogens is 354 g/mol. The van der Waals surface area contributed by atoms with Gasteiger partial charge in [-0.15, -0.1) is 11.3 Å². The molecule has 0 bridgehead atoms. The van der Waals surface area contributed by atoms with Crippen LogP contribution in [0.5, 0.6) is 0 Å². The van der Waals surface area contributed by atoms with E-state index in [9.17, 15) is 9.59 Å². The molecule has 2 amide bonds. The number of nitrogens with zero attached hydrogens (tertiary/aromatic N) is 1. The summed E-state index contributed by atoms with van der Waals surface area (Å²) in [6.07, 6.45) is 0. The van der Waals surface area contributed by atoms with Crippen LogP contribution in [0.2, 0.25) is 5.02 Å². The van der Waals surface area contributed by atoms with Crippen molar-refractivity contribution >= 4 is 57.4 Å². The largest absolute Gasteiger partial charge is 0.320 e. The van der Waals surface area contributed by atoms with E-state index in [0.29, 0.717) is 32.9 Å².